The zero-order valence-electron chi connectivity index (χ0n) is 6.08. The van der Waals surface area contributed by atoms with E-state index in [4.69, 9.17) is 10.5 Å². The van der Waals surface area contributed by atoms with E-state index < -0.39 is 0 Å². The zero-order valence-corrected chi connectivity index (χ0v) is 7.67. The lowest BCUT2D eigenvalue weighted by Crippen LogP contribution is -1.91. The van der Waals surface area contributed by atoms with Crippen LogP contribution >= 0.6 is 15.9 Å². The Morgan fingerprint density at radius 3 is 2.83 bits per heavy atom. The van der Waals surface area contributed by atoms with Crippen LogP contribution in [0.15, 0.2) is 16.7 Å². The van der Waals surface area contributed by atoms with Crippen LogP contribution in [0.25, 0.3) is 0 Å². The molecule has 0 saturated carbocycles. The summed E-state index contributed by atoms with van der Waals surface area (Å²) in [6.07, 6.45) is 1.76. The molecule has 0 spiro atoms. The van der Waals surface area contributed by atoms with Crippen molar-refractivity contribution in [2.24, 2.45) is 0 Å². The van der Waals surface area contributed by atoms with E-state index >= 15 is 0 Å². The Morgan fingerprint density at radius 1 is 1.50 bits per heavy atom. The van der Waals surface area contributed by atoms with Crippen molar-refractivity contribution < 1.29 is 0 Å². The number of aromatic nitrogens is 1. The maximum absolute atomic E-state index is 8.60. The van der Waals surface area contributed by atoms with Crippen molar-refractivity contribution in [2.75, 3.05) is 0 Å². The number of rotatable bonds is 1. The summed E-state index contributed by atoms with van der Waals surface area (Å²) in [7, 11) is 0. The summed E-state index contributed by atoms with van der Waals surface area (Å²) in [6.45, 7) is 0. The highest BCUT2D eigenvalue weighted by Gasteiger charge is 2.02. The molecule has 0 aliphatic rings. The third-order valence-electron chi connectivity index (χ3n) is 1.31. The quantitative estimate of drug-likeness (QED) is 0.727. The Balaban J connectivity index is 3.16. The Morgan fingerprint density at radius 2 is 2.25 bits per heavy atom. The van der Waals surface area contributed by atoms with Crippen molar-refractivity contribution in [3.05, 3.63) is 28.0 Å². The maximum atomic E-state index is 8.60. The van der Waals surface area contributed by atoms with Crippen LogP contribution < -0.4 is 0 Å². The molecular weight excluding hydrogens is 218 g/mol. The molecule has 0 unspecified atom stereocenters. The van der Waals surface area contributed by atoms with Gasteiger partial charge in [0.2, 0.25) is 0 Å². The lowest BCUT2D eigenvalue weighted by atomic mass is 10.1. The van der Waals surface area contributed by atoms with Crippen LogP contribution in [0.1, 0.15) is 11.3 Å². The van der Waals surface area contributed by atoms with E-state index in [-0.39, 0.29) is 6.42 Å². The first-order chi connectivity index (χ1) is 5.77. The topological polar surface area (TPSA) is 60.5 Å². The summed E-state index contributed by atoms with van der Waals surface area (Å²) in [5.41, 5.74) is 0.981. The lowest BCUT2D eigenvalue weighted by molar-refractivity contribution is 1.14. The molecule has 3 nitrogen and oxygen atoms in total. The highest BCUT2D eigenvalue weighted by Crippen LogP contribution is 2.13. The third-order valence-corrected chi connectivity index (χ3v) is 1.74. The van der Waals surface area contributed by atoms with Gasteiger partial charge in [0, 0.05) is 16.2 Å². The van der Waals surface area contributed by atoms with Gasteiger partial charge in [0.1, 0.15) is 11.8 Å². The fraction of sp³-hybridized carbons (Fsp3) is 0.125. The van der Waals surface area contributed by atoms with Gasteiger partial charge in [-0.2, -0.15) is 10.5 Å². The van der Waals surface area contributed by atoms with Crippen LogP contribution in [0.5, 0.6) is 0 Å². The second-order valence-electron chi connectivity index (χ2n) is 2.11. The number of nitriles is 2. The van der Waals surface area contributed by atoms with Gasteiger partial charge < -0.3 is 0 Å². The molecule has 58 valence electrons. The first-order valence-electron chi connectivity index (χ1n) is 3.19. The number of nitrogens with zero attached hydrogens (tertiary/aromatic N) is 3. The molecular formula is C8H4BrN3. The molecule has 0 amide bonds. The molecule has 0 aliphatic heterocycles. The van der Waals surface area contributed by atoms with Crippen molar-refractivity contribution in [1.29, 1.82) is 10.5 Å². The minimum Gasteiger partial charge on any atom is -0.244 e. The summed E-state index contributed by atoms with van der Waals surface area (Å²) >= 11 is 3.21. The standard InChI is InChI=1S/C8H4BrN3/c9-7-3-6(1-2-10)8(4-11)12-5-7/h3,5H,1H2. The molecule has 0 atom stereocenters. The second kappa shape index (κ2) is 3.85. The van der Waals surface area contributed by atoms with Crippen LogP contribution in [0.3, 0.4) is 0 Å². The predicted octanol–water partition coefficient (Wildman–Crippen LogP) is 1.78. The molecule has 0 fully saturated rings. The molecule has 0 N–H and O–H groups in total. The summed E-state index contributed by atoms with van der Waals surface area (Å²) < 4.78 is 0.784. The molecule has 1 aromatic heterocycles. The molecule has 0 bridgehead atoms. The summed E-state index contributed by atoms with van der Waals surface area (Å²) in [4.78, 5) is 3.86. The fourth-order valence-electron chi connectivity index (χ4n) is 0.802. The van der Waals surface area contributed by atoms with Gasteiger partial charge in [0.15, 0.2) is 0 Å². The number of halogens is 1. The van der Waals surface area contributed by atoms with Gasteiger partial charge in [-0.05, 0) is 22.0 Å². The number of pyridine rings is 1. The fourth-order valence-corrected chi connectivity index (χ4v) is 1.18. The van der Waals surface area contributed by atoms with E-state index in [1.807, 2.05) is 12.1 Å². The average molecular weight is 222 g/mol. The Labute approximate surface area is 78.4 Å². The molecule has 0 saturated heterocycles. The Kier molecular flexibility index (Phi) is 2.79. The molecule has 1 aromatic rings. The van der Waals surface area contributed by atoms with Crippen molar-refractivity contribution in [2.45, 2.75) is 6.42 Å². The smallest absolute Gasteiger partial charge is 0.144 e. The molecule has 1 rings (SSSR count). The molecule has 1 heterocycles. The van der Waals surface area contributed by atoms with Gasteiger partial charge in [-0.25, -0.2) is 4.98 Å². The maximum Gasteiger partial charge on any atom is 0.144 e. The zero-order chi connectivity index (χ0) is 8.97. The van der Waals surface area contributed by atoms with Gasteiger partial charge in [-0.3, -0.25) is 0 Å². The predicted molar refractivity (Wildman–Crippen MR) is 46.0 cm³/mol. The van der Waals surface area contributed by atoms with Crippen LogP contribution in [0, 0.1) is 22.7 Å². The van der Waals surface area contributed by atoms with Crippen LogP contribution in [-0.2, 0) is 6.42 Å². The normalized spacial score (nSPS) is 8.58. The molecule has 4 heteroatoms. The minimum absolute atomic E-state index is 0.218. The largest absolute Gasteiger partial charge is 0.244 e. The SMILES string of the molecule is N#CCc1cc(Br)cnc1C#N. The monoisotopic (exact) mass is 221 g/mol. The number of hydrogen-bond donors (Lipinski definition) is 0. The molecule has 0 radical (unpaired) electrons. The highest BCUT2D eigenvalue weighted by atomic mass is 79.9. The summed E-state index contributed by atoms with van der Waals surface area (Å²) in [5.74, 6) is 0. The molecule has 0 aliphatic carbocycles. The van der Waals surface area contributed by atoms with Gasteiger partial charge >= 0.3 is 0 Å². The summed E-state index contributed by atoms with van der Waals surface area (Å²) in [5, 5.41) is 17.0. The lowest BCUT2D eigenvalue weighted by Gasteiger charge is -1.97. The van der Waals surface area contributed by atoms with Crippen LogP contribution in [0.2, 0.25) is 0 Å². The van der Waals surface area contributed by atoms with Crippen LogP contribution in [-0.4, -0.2) is 4.98 Å². The second-order valence-corrected chi connectivity index (χ2v) is 3.02. The van der Waals surface area contributed by atoms with E-state index in [0.29, 0.717) is 11.3 Å². The third kappa shape index (κ3) is 1.81. The van der Waals surface area contributed by atoms with Gasteiger partial charge in [0.05, 0.1) is 12.5 Å². The van der Waals surface area contributed by atoms with E-state index in [1.54, 1.807) is 12.3 Å². The Bertz CT molecular complexity index is 373. The van der Waals surface area contributed by atoms with Gasteiger partial charge in [-0.15, -0.1) is 0 Å². The van der Waals surface area contributed by atoms with Crippen molar-refractivity contribution in [1.82, 2.24) is 4.98 Å². The molecule has 0 aromatic carbocycles. The van der Waals surface area contributed by atoms with E-state index in [0.717, 1.165) is 4.47 Å². The van der Waals surface area contributed by atoms with Crippen molar-refractivity contribution >= 4 is 15.9 Å². The first kappa shape index (κ1) is 8.70. The van der Waals surface area contributed by atoms with Crippen molar-refractivity contribution in [3.63, 3.8) is 0 Å². The van der Waals surface area contributed by atoms with Crippen LogP contribution in [0.4, 0.5) is 0 Å². The molecule has 12 heavy (non-hydrogen) atoms. The van der Waals surface area contributed by atoms with E-state index in [1.165, 1.54) is 0 Å². The minimum atomic E-state index is 0.218. The van der Waals surface area contributed by atoms with Gasteiger partial charge in [-0.1, -0.05) is 0 Å². The number of hydrogen-bond acceptors (Lipinski definition) is 3. The van der Waals surface area contributed by atoms with E-state index in [9.17, 15) is 0 Å². The first-order valence-corrected chi connectivity index (χ1v) is 3.98. The van der Waals surface area contributed by atoms with Crippen molar-refractivity contribution in [3.8, 4) is 12.1 Å². The highest BCUT2D eigenvalue weighted by molar-refractivity contribution is 9.10. The Hall–Kier alpha value is -1.39. The van der Waals surface area contributed by atoms with Gasteiger partial charge in [0.25, 0.3) is 0 Å². The average Bonchev–Trinajstić information content (AvgIpc) is 2.05. The summed E-state index contributed by atoms with van der Waals surface area (Å²) in [6, 6.07) is 5.63. The van der Waals surface area contributed by atoms with E-state index in [2.05, 4.69) is 20.9 Å².